The standard InChI is InChI=1S/C18H21ClN2.2ClH/c1-20-11-12-21(13-15-5-3-2-4-6-15)14-18(20)16-7-9-17(19)10-8-16;;/h2-10,18H,11-14H2,1H3;2*1H. The van der Waals surface area contributed by atoms with E-state index in [-0.39, 0.29) is 24.8 Å². The van der Waals surface area contributed by atoms with Crippen LogP contribution in [-0.4, -0.2) is 36.5 Å². The Balaban J connectivity index is 0.00000132. The summed E-state index contributed by atoms with van der Waals surface area (Å²) in [6.45, 7) is 4.31. The Bertz CT molecular complexity index is 575. The van der Waals surface area contributed by atoms with E-state index in [0.717, 1.165) is 31.2 Å². The fraction of sp³-hybridized carbons (Fsp3) is 0.333. The van der Waals surface area contributed by atoms with Crippen LogP contribution in [0.2, 0.25) is 5.02 Å². The lowest BCUT2D eigenvalue weighted by Crippen LogP contribution is -2.46. The van der Waals surface area contributed by atoms with Crippen LogP contribution in [0.5, 0.6) is 0 Å². The molecule has 2 aromatic rings. The van der Waals surface area contributed by atoms with Crippen molar-refractivity contribution in [1.82, 2.24) is 9.80 Å². The summed E-state index contributed by atoms with van der Waals surface area (Å²) in [5, 5.41) is 0.804. The topological polar surface area (TPSA) is 6.48 Å². The number of piperazine rings is 1. The SMILES string of the molecule is CN1CCN(Cc2ccccc2)CC1c1ccc(Cl)cc1.Cl.Cl. The Hall–Kier alpha value is -0.770. The van der Waals surface area contributed by atoms with Crippen molar-refractivity contribution in [3.63, 3.8) is 0 Å². The Labute approximate surface area is 156 Å². The van der Waals surface area contributed by atoms with Crippen molar-refractivity contribution in [2.75, 3.05) is 26.7 Å². The first-order chi connectivity index (χ1) is 10.2. The lowest BCUT2D eigenvalue weighted by molar-refractivity contribution is 0.0905. The van der Waals surface area contributed by atoms with Crippen LogP contribution in [0.3, 0.4) is 0 Å². The smallest absolute Gasteiger partial charge is 0.0472 e. The second-order valence-electron chi connectivity index (χ2n) is 5.77. The molecule has 1 unspecified atom stereocenters. The third-order valence-corrected chi connectivity index (χ3v) is 4.49. The zero-order valence-corrected chi connectivity index (χ0v) is 15.6. The number of benzene rings is 2. The summed E-state index contributed by atoms with van der Waals surface area (Å²) in [5.41, 5.74) is 2.73. The average Bonchev–Trinajstić information content (AvgIpc) is 2.51. The highest BCUT2D eigenvalue weighted by atomic mass is 35.5. The van der Waals surface area contributed by atoms with E-state index in [9.17, 15) is 0 Å². The second-order valence-corrected chi connectivity index (χ2v) is 6.21. The van der Waals surface area contributed by atoms with E-state index < -0.39 is 0 Å². The maximum atomic E-state index is 6.00. The molecule has 0 N–H and O–H groups in total. The van der Waals surface area contributed by atoms with Crippen molar-refractivity contribution in [2.45, 2.75) is 12.6 Å². The van der Waals surface area contributed by atoms with Gasteiger partial charge in [0.15, 0.2) is 0 Å². The largest absolute Gasteiger partial charge is 0.297 e. The zero-order chi connectivity index (χ0) is 14.7. The van der Waals surface area contributed by atoms with Gasteiger partial charge in [0.25, 0.3) is 0 Å². The average molecular weight is 374 g/mol. The van der Waals surface area contributed by atoms with E-state index in [1.165, 1.54) is 11.1 Å². The Morgan fingerprint density at radius 2 is 1.61 bits per heavy atom. The number of hydrogen-bond donors (Lipinski definition) is 0. The molecule has 0 aliphatic carbocycles. The van der Waals surface area contributed by atoms with Crippen LogP contribution in [-0.2, 0) is 6.54 Å². The summed E-state index contributed by atoms with van der Waals surface area (Å²) in [6.07, 6.45) is 0. The molecule has 2 aromatic carbocycles. The number of rotatable bonds is 3. The van der Waals surface area contributed by atoms with Crippen LogP contribution in [0.25, 0.3) is 0 Å². The minimum absolute atomic E-state index is 0. The normalized spacial score (nSPS) is 18.8. The Morgan fingerprint density at radius 1 is 0.957 bits per heavy atom. The molecule has 0 radical (unpaired) electrons. The lowest BCUT2D eigenvalue weighted by atomic mass is 10.0. The van der Waals surface area contributed by atoms with E-state index in [1.807, 2.05) is 12.1 Å². The maximum Gasteiger partial charge on any atom is 0.0472 e. The van der Waals surface area contributed by atoms with Gasteiger partial charge in [0.05, 0.1) is 0 Å². The van der Waals surface area contributed by atoms with E-state index in [2.05, 4.69) is 59.3 Å². The summed E-state index contributed by atoms with van der Waals surface area (Å²) in [4.78, 5) is 4.97. The fourth-order valence-corrected chi connectivity index (χ4v) is 3.09. The van der Waals surface area contributed by atoms with E-state index in [1.54, 1.807) is 0 Å². The van der Waals surface area contributed by atoms with E-state index >= 15 is 0 Å². The first-order valence-corrected chi connectivity index (χ1v) is 7.82. The highest BCUT2D eigenvalue weighted by Gasteiger charge is 2.25. The highest BCUT2D eigenvalue weighted by Crippen LogP contribution is 2.26. The third-order valence-electron chi connectivity index (χ3n) is 4.24. The molecule has 2 nitrogen and oxygen atoms in total. The van der Waals surface area contributed by atoms with E-state index in [0.29, 0.717) is 6.04 Å². The molecule has 0 spiro atoms. The molecule has 0 saturated carbocycles. The minimum atomic E-state index is 0. The van der Waals surface area contributed by atoms with Crippen molar-refractivity contribution >= 4 is 36.4 Å². The Kier molecular flexibility index (Phi) is 8.38. The van der Waals surface area contributed by atoms with Gasteiger partial charge in [-0.05, 0) is 30.3 Å². The molecular formula is C18H23Cl3N2. The minimum Gasteiger partial charge on any atom is -0.297 e. The molecule has 5 heteroatoms. The van der Waals surface area contributed by atoms with Gasteiger partial charge in [-0.3, -0.25) is 9.80 Å². The van der Waals surface area contributed by atoms with Gasteiger partial charge in [0.1, 0.15) is 0 Å². The molecule has 23 heavy (non-hydrogen) atoms. The first-order valence-electron chi connectivity index (χ1n) is 7.44. The van der Waals surface area contributed by atoms with Crippen molar-refractivity contribution in [3.8, 4) is 0 Å². The summed E-state index contributed by atoms with van der Waals surface area (Å²) in [5.74, 6) is 0. The van der Waals surface area contributed by atoms with Crippen LogP contribution in [0.15, 0.2) is 54.6 Å². The van der Waals surface area contributed by atoms with Crippen LogP contribution >= 0.6 is 36.4 Å². The predicted molar refractivity (Wildman–Crippen MR) is 103 cm³/mol. The van der Waals surface area contributed by atoms with Gasteiger partial charge in [0, 0.05) is 37.2 Å². The van der Waals surface area contributed by atoms with Crippen molar-refractivity contribution in [3.05, 3.63) is 70.7 Å². The molecule has 1 atom stereocenters. The maximum absolute atomic E-state index is 6.00. The molecule has 0 amide bonds. The molecule has 1 heterocycles. The highest BCUT2D eigenvalue weighted by molar-refractivity contribution is 6.30. The molecule has 3 rings (SSSR count). The molecule has 126 valence electrons. The number of hydrogen-bond acceptors (Lipinski definition) is 2. The lowest BCUT2D eigenvalue weighted by Gasteiger charge is -2.39. The van der Waals surface area contributed by atoms with Gasteiger partial charge in [-0.15, -0.1) is 24.8 Å². The van der Waals surface area contributed by atoms with Gasteiger partial charge in [-0.1, -0.05) is 54.1 Å². The van der Waals surface area contributed by atoms with Gasteiger partial charge < -0.3 is 0 Å². The molecule has 1 fully saturated rings. The summed E-state index contributed by atoms with van der Waals surface area (Å²) in [7, 11) is 2.21. The van der Waals surface area contributed by atoms with Crippen LogP contribution in [0.4, 0.5) is 0 Å². The van der Waals surface area contributed by atoms with E-state index in [4.69, 9.17) is 11.6 Å². The quantitative estimate of drug-likeness (QED) is 0.771. The molecule has 0 bridgehead atoms. The third kappa shape index (κ3) is 5.37. The summed E-state index contributed by atoms with van der Waals surface area (Å²) >= 11 is 6.00. The van der Waals surface area contributed by atoms with Crippen LogP contribution in [0, 0.1) is 0 Å². The van der Waals surface area contributed by atoms with Gasteiger partial charge >= 0.3 is 0 Å². The molecule has 1 saturated heterocycles. The Morgan fingerprint density at radius 3 is 2.26 bits per heavy atom. The second kappa shape index (κ2) is 9.51. The zero-order valence-electron chi connectivity index (χ0n) is 13.2. The number of likely N-dealkylation sites (N-methyl/N-ethyl adjacent to an activating group) is 1. The van der Waals surface area contributed by atoms with Crippen molar-refractivity contribution in [2.24, 2.45) is 0 Å². The van der Waals surface area contributed by atoms with Gasteiger partial charge in [-0.2, -0.15) is 0 Å². The molecule has 0 aromatic heterocycles. The first kappa shape index (κ1) is 20.3. The summed E-state index contributed by atoms with van der Waals surface area (Å²) < 4.78 is 0. The molecule has 1 aliphatic rings. The monoisotopic (exact) mass is 372 g/mol. The molecular weight excluding hydrogens is 351 g/mol. The van der Waals surface area contributed by atoms with Crippen LogP contribution < -0.4 is 0 Å². The van der Waals surface area contributed by atoms with Crippen molar-refractivity contribution in [1.29, 1.82) is 0 Å². The number of halogens is 3. The fourth-order valence-electron chi connectivity index (χ4n) is 2.96. The van der Waals surface area contributed by atoms with Crippen molar-refractivity contribution < 1.29 is 0 Å². The van der Waals surface area contributed by atoms with Gasteiger partial charge in [-0.25, -0.2) is 0 Å². The summed E-state index contributed by atoms with van der Waals surface area (Å²) in [6, 6.07) is 19.4. The van der Waals surface area contributed by atoms with Gasteiger partial charge in [0.2, 0.25) is 0 Å². The molecule has 1 aliphatic heterocycles. The van der Waals surface area contributed by atoms with Crippen LogP contribution in [0.1, 0.15) is 17.2 Å². The number of nitrogens with zero attached hydrogens (tertiary/aromatic N) is 2. The predicted octanol–water partition coefficient (Wildman–Crippen LogP) is 4.67.